The van der Waals surface area contributed by atoms with Crippen LogP contribution in [0, 0.1) is 0 Å². The molecule has 2 aromatic rings. The van der Waals surface area contributed by atoms with Gasteiger partial charge in [-0.2, -0.15) is 5.10 Å². The van der Waals surface area contributed by atoms with E-state index in [0.29, 0.717) is 10.0 Å². The van der Waals surface area contributed by atoms with Gasteiger partial charge >= 0.3 is 0 Å². The number of nitrogens with zero attached hydrogens (tertiary/aromatic N) is 1. The summed E-state index contributed by atoms with van der Waals surface area (Å²) in [5.74, 6) is -0.696. The first-order valence-electron chi connectivity index (χ1n) is 6.47. The summed E-state index contributed by atoms with van der Waals surface area (Å²) in [6.07, 6.45) is 0. The number of benzene rings is 1. The van der Waals surface area contributed by atoms with Crippen LogP contribution >= 0.6 is 27.3 Å². The van der Waals surface area contributed by atoms with E-state index >= 15 is 0 Å². The van der Waals surface area contributed by atoms with E-state index in [1.54, 1.807) is 29.5 Å². The summed E-state index contributed by atoms with van der Waals surface area (Å²) in [7, 11) is 0. The molecule has 1 aromatic carbocycles. The molecule has 0 saturated heterocycles. The zero-order valence-corrected chi connectivity index (χ0v) is 14.2. The topological polar surface area (TPSA) is 70.6 Å². The van der Waals surface area contributed by atoms with Crippen molar-refractivity contribution in [2.75, 3.05) is 6.54 Å². The second-order valence-corrected chi connectivity index (χ2v) is 6.17. The maximum Gasteiger partial charge on any atom is 0.259 e. The maximum absolute atomic E-state index is 11.9. The second-order valence-electron chi connectivity index (χ2n) is 4.37. The highest BCUT2D eigenvalue weighted by molar-refractivity contribution is 9.10. The Labute approximate surface area is 140 Å². The molecule has 0 saturated carbocycles. The highest BCUT2D eigenvalue weighted by atomic mass is 79.9. The summed E-state index contributed by atoms with van der Waals surface area (Å²) < 4.78 is 0.680. The molecule has 114 valence electrons. The number of amides is 2. The van der Waals surface area contributed by atoms with Gasteiger partial charge in [-0.25, -0.2) is 5.43 Å². The minimum Gasteiger partial charge on any atom is -0.343 e. The Hall–Kier alpha value is -1.99. The molecule has 0 fully saturated rings. The van der Waals surface area contributed by atoms with Crippen LogP contribution in [-0.4, -0.2) is 24.1 Å². The van der Waals surface area contributed by atoms with Crippen LogP contribution in [0.3, 0.4) is 0 Å². The first kappa shape index (κ1) is 16.4. The summed E-state index contributed by atoms with van der Waals surface area (Å²) in [6.45, 7) is 1.67. The highest BCUT2D eigenvalue weighted by Gasteiger charge is 2.10. The van der Waals surface area contributed by atoms with Crippen LogP contribution in [0.25, 0.3) is 0 Å². The SMILES string of the molecule is C/C(=N/NC(=O)CNC(=O)c1ccccc1Br)c1cccs1. The summed E-state index contributed by atoms with van der Waals surface area (Å²) in [4.78, 5) is 24.6. The third-order valence-electron chi connectivity index (χ3n) is 2.75. The summed E-state index contributed by atoms with van der Waals surface area (Å²) in [5.41, 5.74) is 3.62. The van der Waals surface area contributed by atoms with Gasteiger partial charge in [-0.1, -0.05) is 18.2 Å². The third kappa shape index (κ3) is 4.51. The van der Waals surface area contributed by atoms with Gasteiger partial charge in [0.05, 0.1) is 17.8 Å². The second kappa shape index (κ2) is 7.86. The van der Waals surface area contributed by atoms with Crippen LogP contribution in [0.1, 0.15) is 22.2 Å². The van der Waals surface area contributed by atoms with Crippen LogP contribution < -0.4 is 10.7 Å². The van der Waals surface area contributed by atoms with Crippen LogP contribution in [0.4, 0.5) is 0 Å². The Morgan fingerprint density at radius 2 is 2.00 bits per heavy atom. The number of nitrogens with one attached hydrogen (secondary N) is 2. The Balaban J connectivity index is 1.84. The standard InChI is InChI=1S/C15H14BrN3O2S/c1-10(13-7-4-8-22-13)18-19-14(20)9-17-15(21)11-5-2-3-6-12(11)16/h2-8H,9H2,1H3,(H,17,21)(H,19,20)/b18-10-. The van der Waals surface area contributed by atoms with Crippen molar-refractivity contribution in [3.8, 4) is 0 Å². The summed E-state index contributed by atoms with van der Waals surface area (Å²) in [6, 6.07) is 10.9. The number of carbonyl (C=O) groups is 2. The van der Waals surface area contributed by atoms with E-state index in [2.05, 4.69) is 31.8 Å². The molecule has 0 radical (unpaired) electrons. The molecule has 0 unspecified atom stereocenters. The Bertz CT molecular complexity index is 699. The van der Waals surface area contributed by atoms with Gasteiger partial charge < -0.3 is 5.32 Å². The Morgan fingerprint density at radius 3 is 2.68 bits per heavy atom. The molecular weight excluding hydrogens is 366 g/mol. The minimum absolute atomic E-state index is 0.138. The number of halogens is 1. The number of thiophene rings is 1. The van der Waals surface area contributed by atoms with E-state index in [4.69, 9.17) is 0 Å². The molecule has 1 heterocycles. The van der Waals surface area contributed by atoms with Crippen molar-refractivity contribution in [2.24, 2.45) is 5.10 Å². The van der Waals surface area contributed by atoms with Gasteiger partial charge in [-0.15, -0.1) is 11.3 Å². The van der Waals surface area contributed by atoms with Gasteiger partial charge in [-0.3, -0.25) is 9.59 Å². The quantitative estimate of drug-likeness (QED) is 0.619. The fourth-order valence-corrected chi connectivity index (χ4v) is 2.77. The Kier molecular flexibility index (Phi) is 5.85. The van der Waals surface area contributed by atoms with Crippen LogP contribution in [0.2, 0.25) is 0 Å². The smallest absolute Gasteiger partial charge is 0.259 e. The lowest BCUT2D eigenvalue weighted by atomic mass is 10.2. The summed E-state index contributed by atoms with van der Waals surface area (Å²) >= 11 is 4.84. The molecule has 0 spiro atoms. The monoisotopic (exact) mass is 379 g/mol. The zero-order valence-electron chi connectivity index (χ0n) is 11.8. The molecule has 2 N–H and O–H groups in total. The fraction of sp³-hybridized carbons (Fsp3) is 0.133. The van der Waals surface area contributed by atoms with Crippen molar-refractivity contribution >= 4 is 44.8 Å². The van der Waals surface area contributed by atoms with E-state index in [0.717, 1.165) is 10.6 Å². The van der Waals surface area contributed by atoms with Crippen molar-refractivity contribution in [3.63, 3.8) is 0 Å². The van der Waals surface area contributed by atoms with Gasteiger partial charge in [0.2, 0.25) is 0 Å². The van der Waals surface area contributed by atoms with Gasteiger partial charge in [0.1, 0.15) is 0 Å². The van der Waals surface area contributed by atoms with Gasteiger partial charge in [0.25, 0.3) is 11.8 Å². The van der Waals surface area contributed by atoms with E-state index in [1.165, 1.54) is 0 Å². The van der Waals surface area contributed by atoms with E-state index in [-0.39, 0.29) is 18.4 Å². The summed E-state index contributed by atoms with van der Waals surface area (Å²) in [5, 5.41) is 8.49. The maximum atomic E-state index is 11.9. The first-order valence-corrected chi connectivity index (χ1v) is 8.15. The largest absolute Gasteiger partial charge is 0.343 e. The normalized spacial score (nSPS) is 11.1. The van der Waals surface area contributed by atoms with Crippen molar-refractivity contribution in [2.45, 2.75) is 6.92 Å². The van der Waals surface area contributed by atoms with Crippen molar-refractivity contribution < 1.29 is 9.59 Å². The predicted octanol–water partition coefficient (Wildman–Crippen LogP) is 2.78. The molecule has 0 aliphatic carbocycles. The zero-order chi connectivity index (χ0) is 15.9. The molecule has 5 nitrogen and oxygen atoms in total. The van der Waals surface area contributed by atoms with Crippen molar-refractivity contribution in [1.29, 1.82) is 0 Å². The third-order valence-corrected chi connectivity index (χ3v) is 4.42. The highest BCUT2D eigenvalue weighted by Crippen LogP contribution is 2.15. The average molecular weight is 380 g/mol. The van der Waals surface area contributed by atoms with E-state index < -0.39 is 0 Å². The number of hydrogen-bond donors (Lipinski definition) is 2. The molecule has 1 aromatic heterocycles. The molecule has 2 amide bonds. The molecular formula is C15H14BrN3O2S. The number of hydrogen-bond acceptors (Lipinski definition) is 4. The lowest BCUT2D eigenvalue weighted by Gasteiger charge is -2.06. The first-order chi connectivity index (χ1) is 10.6. The van der Waals surface area contributed by atoms with E-state index in [1.807, 2.05) is 30.5 Å². The molecule has 7 heteroatoms. The lowest BCUT2D eigenvalue weighted by molar-refractivity contribution is -0.120. The van der Waals surface area contributed by atoms with Crippen LogP contribution in [-0.2, 0) is 4.79 Å². The van der Waals surface area contributed by atoms with Crippen LogP contribution in [0.15, 0.2) is 51.4 Å². The number of carbonyl (C=O) groups excluding carboxylic acids is 2. The van der Waals surface area contributed by atoms with Crippen molar-refractivity contribution in [1.82, 2.24) is 10.7 Å². The average Bonchev–Trinajstić information content (AvgIpc) is 3.05. The van der Waals surface area contributed by atoms with Gasteiger partial charge in [-0.05, 0) is 46.4 Å². The molecule has 0 atom stereocenters. The van der Waals surface area contributed by atoms with Gasteiger partial charge in [0, 0.05) is 9.35 Å². The van der Waals surface area contributed by atoms with E-state index in [9.17, 15) is 9.59 Å². The van der Waals surface area contributed by atoms with Gasteiger partial charge in [0.15, 0.2) is 0 Å². The Morgan fingerprint density at radius 1 is 1.23 bits per heavy atom. The molecule has 0 aliphatic rings. The van der Waals surface area contributed by atoms with Crippen molar-refractivity contribution in [3.05, 3.63) is 56.7 Å². The molecule has 0 aliphatic heterocycles. The number of rotatable bonds is 5. The van der Waals surface area contributed by atoms with Crippen LogP contribution in [0.5, 0.6) is 0 Å². The molecule has 2 rings (SSSR count). The number of hydrazone groups is 1. The lowest BCUT2D eigenvalue weighted by Crippen LogP contribution is -2.35. The minimum atomic E-state index is -0.378. The fourth-order valence-electron chi connectivity index (χ4n) is 1.63. The molecule has 0 bridgehead atoms. The predicted molar refractivity (Wildman–Crippen MR) is 91.1 cm³/mol. The molecule has 22 heavy (non-hydrogen) atoms.